The first kappa shape index (κ1) is 25.6. The average Bonchev–Trinajstić information content (AvgIpc) is 2.65. The number of rotatable bonds is 5. The van der Waals surface area contributed by atoms with Crippen LogP contribution in [-0.4, -0.2) is 37.2 Å². The molecule has 8 heteroatoms. The molecule has 0 spiro atoms. The lowest BCUT2D eigenvalue weighted by Gasteiger charge is -2.35. The van der Waals surface area contributed by atoms with Crippen molar-refractivity contribution in [3.8, 4) is 0 Å². The predicted octanol–water partition coefficient (Wildman–Crippen LogP) is 3.23. The molecule has 0 aliphatic carbocycles. The number of aliphatic hydroxyl groups excluding tert-OH is 1. The highest BCUT2D eigenvalue weighted by molar-refractivity contribution is 7.91. The monoisotopic (exact) mass is 470 g/mol. The molecule has 5 nitrogen and oxygen atoms in total. The molecule has 0 radical (unpaired) electrons. The molecule has 1 fully saturated rings. The molecule has 3 rings (SSSR count). The van der Waals surface area contributed by atoms with Gasteiger partial charge in [-0.05, 0) is 40.7 Å². The van der Waals surface area contributed by atoms with Crippen LogP contribution >= 0.6 is 12.4 Å². The Hall–Kier alpha value is -1.67. The molecule has 0 amide bonds. The molecular weight excluding hydrogens is 439 g/mol. The lowest BCUT2D eigenvalue weighted by atomic mass is 9.86. The summed E-state index contributed by atoms with van der Waals surface area (Å²) >= 11 is 0. The molecule has 3 atom stereocenters. The zero-order valence-corrected chi connectivity index (χ0v) is 19.8. The SMILES string of the molecule is CC(C)(C)c1cccc(CN[C@H]2CS(=O)(=O)C[C@@H](Cc3ccc(N)c(F)c3)[C@@H]2O)c1.Cl. The van der Waals surface area contributed by atoms with Crippen molar-refractivity contribution in [2.24, 2.45) is 5.92 Å². The summed E-state index contributed by atoms with van der Waals surface area (Å²) in [5, 5.41) is 14.1. The van der Waals surface area contributed by atoms with Gasteiger partial charge in [0.15, 0.2) is 9.84 Å². The minimum atomic E-state index is -3.33. The molecule has 1 aliphatic heterocycles. The minimum absolute atomic E-state index is 0. The van der Waals surface area contributed by atoms with E-state index in [1.807, 2.05) is 12.1 Å². The molecule has 2 aromatic carbocycles. The second kappa shape index (κ2) is 9.86. The number of nitrogens with one attached hydrogen (secondary N) is 1. The predicted molar refractivity (Wildman–Crippen MR) is 126 cm³/mol. The van der Waals surface area contributed by atoms with E-state index in [1.54, 1.807) is 6.07 Å². The number of aliphatic hydroxyl groups is 1. The molecule has 0 saturated carbocycles. The summed E-state index contributed by atoms with van der Waals surface area (Å²) in [4.78, 5) is 0. The number of halogens is 2. The van der Waals surface area contributed by atoms with Gasteiger partial charge in [0.1, 0.15) is 5.82 Å². The summed E-state index contributed by atoms with van der Waals surface area (Å²) in [5.74, 6) is -1.27. The molecule has 2 aromatic rings. The van der Waals surface area contributed by atoms with E-state index in [0.717, 1.165) is 5.56 Å². The van der Waals surface area contributed by atoms with E-state index in [4.69, 9.17) is 5.73 Å². The number of hydrogen-bond acceptors (Lipinski definition) is 5. The van der Waals surface area contributed by atoms with Gasteiger partial charge in [0.25, 0.3) is 0 Å². The Bertz CT molecular complexity index is 1010. The van der Waals surface area contributed by atoms with Gasteiger partial charge in [-0.2, -0.15) is 0 Å². The molecule has 172 valence electrons. The van der Waals surface area contributed by atoms with Crippen LogP contribution in [0.1, 0.15) is 37.5 Å². The van der Waals surface area contributed by atoms with E-state index in [1.165, 1.54) is 17.7 Å². The fraction of sp³-hybridized carbons (Fsp3) is 0.478. The van der Waals surface area contributed by atoms with E-state index >= 15 is 0 Å². The maximum absolute atomic E-state index is 13.8. The third-order valence-corrected chi connectivity index (χ3v) is 7.52. The van der Waals surface area contributed by atoms with Crippen LogP contribution < -0.4 is 11.1 Å². The van der Waals surface area contributed by atoms with Gasteiger partial charge < -0.3 is 16.2 Å². The van der Waals surface area contributed by atoms with Crippen LogP contribution in [0.4, 0.5) is 10.1 Å². The van der Waals surface area contributed by atoms with Crippen molar-refractivity contribution < 1.29 is 17.9 Å². The van der Waals surface area contributed by atoms with Gasteiger partial charge >= 0.3 is 0 Å². The van der Waals surface area contributed by atoms with E-state index in [9.17, 15) is 17.9 Å². The van der Waals surface area contributed by atoms with E-state index in [-0.39, 0.29) is 41.4 Å². The lowest BCUT2D eigenvalue weighted by Crippen LogP contribution is -2.54. The smallest absolute Gasteiger partial charge is 0.152 e. The van der Waals surface area contributed by atoms with Gasteiger partial charge in [-0.3, -0.25) is 0 Å². The molecule has 0 aromatic heterocycles. The highest BCUT2D eigenvalue weighted by Gasteiger charge is 2.39. The van der Waals surface area contributed by atoms with Gasteiger partial charge in [-0.15, -0.1) is 12.4 Å². The molecule has 1 saturated heterocycles. The van der Waals surface area contributed by atoms with Crippen molar-refractivity contribution in [2.45, 2.75) is 51.3 Å². The van der Waals surface area contributed by atoms with Gasteiger partial charge in [0, 0.05) is 18.5 Å². The molecule has 4 N–H and O–H groups in total. The third kappa shape index (κ3) is 6.65. The largest absolute Gasteiger partial charge is 0.396 e. The maximum Gasteiger partial charge on any atom is 0.152 e. The van der Waals surface area contributed by atoms with E-state index in [2.05, 4.69) is 38.2 Å². The van der Waals surface area contributed by atoms with Crippen molar-refractivity contribution in [2.75, 3.05) is 17.2 Å². The summed E-state index contributed by atoms with van der Waals surface area (Å²) in [7, 11) is -3.33. The number of nitrogens with two attached hydrogens (primary N) is 1. The van der Waals surface area contributed by atoms with Crippen LogP contribution in [0, 0.1) is 11.7 Å². The second-order valence-corrected chi connectivity index (χ2v) is 11.5. The Morgan fingerprint density at radius 3 is 2.48 bits per heavy atom. The first-order valence-electron chi connectivity index (χ1n) is 10.2. The normalized spacial score (nSPS) is 23.2. The zero-order valence-electron chi connectivity index (χ0n) is 18.1. The van der Waals surface area contributed by atoms with Crippen LogP contribution in [-0.2, 0) is 28.2 Å². The molecule has 0 bridgehead atoms. The average molecular weight is 471 g/mol. The van der Waals surface area contributed by atoms with Gasteiger partial charge in [-0.1, -0.05) is 51.1 Å². The molecule has 31 heavy (non-hydrogen) atoms. The van der Waals surface area contributed by atoms with Crippen molar-refractivity contribution in [1.82, 2.24) is 5.32 Å². The molecule has 1 aliphatic rings. The fourth-order valence-electron chi connectivity index (χ4n) is 3.95. The van der Waals surface area contributed by atoms with Gasteiger partial charge in [-0.25, -0.2) is 12.8 Å². The highest BCUT2D eigenvalue weighted by Crippen LogP contribution is 2.26. The topological polar surface area (TPSA) is 92.4 Å². The number of sulfone groups is 1. The van der Waals surface area contributed by atoms with Gasteiger partial charge in [0.2, 0.25) is 0 Å². The third-order valence-electron chi connectivity index (χ3n) is 5.72. The summed E-state index contributed by atoms with van der Waals surface area (Å²) < 4.78 is 38.7. The first-order valence-corrected chi connectivity index (χ1v) is 12.0. The van der Waals surface area contributed by atoms with E-state index in [0.29, 0.717) is 12.1 Å². The lowest BCUT2D eigenvalue weighted by molar-refractivity contribution is 0.0781. The number of nitrogen functional groups attached to an aromatic ring is 1. The summed E-state index contributed by atoms with van der Waals surface area (Å²) in [6, 6.07) is 12.0. The van der Waals surface area contributed by atoms with Crippen molar-refractivity contribution in [3.63, 3.8) is 0 Å². The first-order chi connectivity index (χ1) is 13.9. The van der Waals surface area contributed by atoms with Crippen LogP contribution in [0.5, 0.6) is 0 Å². The van der Waals surface area contributed by atoms with E-state index < -0.39 is 33.7 Å². The van der Waals surface area contributed by atoms with Gasteiger partial charge in [0.05, 0.1) is 23.3 Å². The Morgan fingerprint density at radius 1 is 1.13 bits per heavy atom. The fourth-order valence-corrected chi connectivity index (χ4v) is 5.92. The van der Waals surface area contributed by atoms with Crippen molar-refractivity contribution in [3.05, 3.63) is 65.0 Å². The maximum atomic E-state index is 13.8. The van der Waals surface area contributed by atoms with Crippen molar-refractivity contribution in [1.29, 1.82) is 0 Å². The van der Waals surface area contributed by atoms with Crippen LogP contribution in [0.25, 0.3) is 0 Å². The minimum Gasteiger partial charge on any atom is -0.396 e. The van der Waals surface area contributed by atoms with Crippen LogP contribution in [0.3, 0.4) is 0 Å². The second-order valence-electron chi connectivity index (χ2n) is 9.33. The Labute approximate surface area is 190 Å². The van der Waals surface area contributed by atoms with Crippen molar-refractivity contribution >= 4 is 27.9 Å². The van der Waals surface area contributed by atoms with Crippen LogP contribution in [0.15, 0.2) is 42.5 Å². The number of hydrogen-bond donors (Lipinski definition) is 3. The zero-order chi connectivity index (χ0) is 22.1. The Kier molecular flexibility index (Phi) is 8.14. The molecular formula is C23H32ClFN2O3S. The standard InChI is InChI=1S/C23H31FN2O3S.ClH/c1-23(2,3)18-6-4-5-16(10-18)12-26-21-14-30(28,29)13-17(22(21)27)9-15-7-8-20(25)19(24)11-15;/h4-8,10-11,17,21-22,26-27H,9,12-14,25H2,1-3H3;1H/t17-,21+,22+;/m1./s1. The summed E-state index contributed by atoms with van der Waals surface area (Å²) in [5.41, 5.74) is 8.44. The highest BCUT2D eigenvalue weighted by atomic mass is 35.5. The van der Waals surface area contributed by atoms with Crippen LogP contribution in [0.2, 0.25) is 0 Å². The molecule has 1 heterocycles. The Morgan fingerprint density at radius 2 is 1.84 bits per heavy atom. The summed E-state index contributed by atoms with van der Waals surface area (Å²) in [6.07, 6.45) is -0.574. The molecule has 0 unspecified atom stereocenters. The number of anilines is 1. The summed E-state index contributed by atoms with van der Waals surface area (Å²) in [6.45, 7) is 6.88. The number of benzene rings is 2. The quantitative estimate of drug-likeness (QED) is 0.583. The Balaban J connectivity index is 0.00000341.